The summed E-state index contributed by atoms with van der Waals surface area (Å²) in [5, 5.41) is 1.38. The van der Waals surface area contributed by atoms with E-state index in [-0.39, 0.29) is 6.07 Å². The molecule has 0 unspecified atom stereocenters. The van der Waals surface area contributed by atoms with E-state index in [0.29, 0.717) is 0 Å². The van der Waals surface area contributed by atoms with Crippen molar-refractivity contribution in [1.82, 2.24) is 0 Å². The van der Waals surface area contributed by atoms with Crippen molar-refractivity contribution in [2.24, 2.45) is 0 Å². The van der Waals surface area contributed by atoms with E-state index in [2.05, 4.69) is 0 Å². The van der Waals surface area contributed by atoms with Crippen LogP contribution >= 0.6 is 0 Å². The zero-order chi connectivity index (χ0) is 10.2. The molecule has 0 fully saturated rings. The lowest BCUT2D eigenvalue weighted by Gasteiger charge is -2.15. The fourth-order valence-electron chi connectivity index (χ4n) is 0.218. The molecular weight excluding hydrogens is 209 g/mol. The minimum Gasteiger partial charge on any atom is -0.191 e. The Morgan fingerprint density at radius 3 is 1.58 bits per heavy atom. The molecule has 3 nitrogen and oxygen atoms in total. The summed E-state index contributed by atoms with van der Waals surface area (Å²) >= 11 is 0. The molecule has 0 saturated carbocycles. The first kappa shape index (κ1) is 11.1. The second-order valence-electron chi connectivity index (χ2n) is 1.64. The van der Waals surface area contributed by atoms with Crippen LogP contribution in [0, 0.1) is 11.3 Å². The quantitative estimate of drug-likeness (QED) is 0.504. The van der Waals surface area contributed by atoms with Gasteiger partial charge in [-0.05, 0) is 0 Å². The Morgan fingerprint density at radius 2 is 1.50 bits per heavy atom. The van der Waals surface area contributed by atoms with Crippen molar-refractivity contribution in [3.63, 3.8) is 0 Å². The third kappa shape index (κ3) is 1.47. The zero-order valence-corrected chi connectivity index (χ0v) is 5.88. The number of rotatable bonds is 2. The standard InChI is InChI=1S/C3F5NO2S/c4-2(5,1-9)3(6,7)12(8,10)11. The Balaban J connectivity index is 5.32. The van der Waals surface area contributed by atoms with Crippen LogP contribution in [0.5, 0.6) is 0 Å². The average molecular weight is 209 g/mol. The monoisotopic (exact) mass is 209 g/mol. The van der Waals surface area contributed by atoms with Crippen molar-refractivity contribution in [1.29, 1.82) is 5.26 Å². The van der Waals surface area contributed by atoms with Gasteiger partial charge in [-0.2, -0.15) is 31.2 Å². The molecule has 9 heteroatoms. The summed E-state index contributed by atoms with van der Waals surface area (Å²) in [6.45, 7) is 0. The molecule has 12 heavy (non-hydrogen) atoms. The summed E-state index contributed by atoms with van der Waals surface area (Å²) < 4.78 is 77.2. The third-order valence-electron chi connectivity index (χ3n) is 0.812. The van der Waals surface area contributed by atoms with Crippen molar-refractivity contribution in [3.05, 3.63) is 0 Å². The van der Waals surface area contributed by atoms with Crippen LogP contribution in [-0.4, -0.2) is 19.6 Å². The van der Waals surface area contributed by atoms with E-state index in [4.69, 9.17) is 5.26 Å². The van der Waals surface area contributed by atoms with Crippen LogP contribution in [-0.2, 0) is 10.2 Å². The van der Waals surface area contributed by atoms with Gasteiger partial charge in [0.2, 0.25) is 0 Å². The Bertz CT molecular complexity index is 314. The highest BCUT2D eigenvalue weighted by molar-refractivity contribution is 7.87. The van der Waals surface area contributed by atoms with Gasteiger partial charge in [-0.25, -0.2) is 0 Å². The Kier molecular flexibility index (Phi) is 2.35. The van der Waals surface area contributed by atoms with E-state index in [1.165, 1.54) is 0 Å². The minimum atomic E-state index is -6.78. The van der Waals surface area contributed by atoms with Gasteiger partial charge >= 0.3 is 21.4 Å². The first-order chi connectivity index (χ1) is 5.06. The normalized spacial score (nSPS) is 14.0. The lowest BCUT2D eigenvalue weighted by molar-refractivity contribution is -0.119. The smallest absolute Gasteiger partial charge is 0.191 e. The van der Waals surface area contributed by atoms with E-state index >= 15 is 0 Å². The van der Waals surface area contributed by atoms with Crippen LogP contribution in [0.3, 0.4) is 0 Å². The molecular formula is C3F5NO2S. The lowest BCUT2D eigenvalue weighted by atomic mass is 10.4. The predicted octanol–water partition coefficient (Wildman–Crippen LogP) is 1.04. The molecule has 0 rings (SSSR count). The highest BCUT2D eigenvalue weighted by Gasteiger charge is 2.67. The zero-order valence-electron chi connectivity index (χ0n) is 5.06. The van der Waals surface area contributed by atoms with Crippen LogP contribution in [0.25, 0.3) is 0 Å². The number of nitrogens with zero attached hydrogens (tertiary/aromatic N) is 1. The SMILES string of the molecule is N#CC(F)(F)C(F)(F)S(=O)(=O)F. The summed E-state index contributed by atoms with van der Waals surface area (Å²) in [5.74, 6) is -5.57. The van der Waals surface area contributed by atoms with Crippen molar-refractivity contribution >= 4 is 10.2 Å². The van der Waals surface area contributed by atoms with Crippen LogP contribution in [0.15, 0.2) is 0 Å². The second-order valence-corrected chi connectivity index (χ2v) is 3.03. The van der Waals surface area contributed by atoms with Gasteiger partial charge in [-0.1, -0.05) is 3.89 Å². The van der Waals surface area contributed by atoms with E-state index < -0.39 is 21.4 Å². The molecule has 0 bridgehead atoms. The molecule has 0 saturated heterocycles. The summed E-state index contributed by atoms with van der Waals surface area (Å²) in [6.07, 6.45) is 0. The first-order valence-corrected chi connectivity index (χ1v) is 3.55. The summed E-state index contributed by atoms with van der Waals surface area (Å²) in [6, 6.07) is -0.314. The van der Waals surface area contributed by atoms with Gasteiger partial charge in [0.1, 0.15) is 6.07 Å². The Hall–Kier alpha value is -0.910. The maximum atomic E-state index is 11.8. The van der Waals surface area contributed by atoms with Crippen molar-refractivity contribution in [3.8, 4) is 6.07 Å². The molecule has 70 valence electrons. The van der Waals surface area contributed by atoms with Crippen LogP contribution < -0.4 is 0 Å². The topological polar surface area (TPSA) is 57.9 Å². The first-order valence-electron chi connectivity index (χ1n) is 2.17. The Morgan fingerprint density at radius 1 is 1.17 bits per heavy atom. The molecule has 0 atom stereocenters. The molecule has 0 aromatic heterocycles. The van der Waals surface area contributed by atoms with Gasteiger partial charge in [-0.15, -0.1) is 0 Å². The highest BCUT2D eigenvalue weighted by atomic mass is 32.3. The molecule has 0 amide bonds. The molecule has 0 radical (unpaired) electrons. The molecule has 0 aliphatic rings. The number of alkyl halides is 4. The molecule has 0 N–H and O–H groups in total. The van der Waals surface area contributed by atoms with Crippen molar-refractivity contribution < 1.29 is 29.9 Å². The number of hydrogen-bond acceptors (Lipinski definition) is 3. The summed E-state index contributed by atoms with van der Waals surface area (Å²) in [4.78, 5) is 0. The molecule has 0 aromatic carbocycles. The second kappa shape index (κ2) is 2.55. The maximum Gasteiger partial charge on any atom is 0.450 e. The number of hydrogen-bond donors (Lipinski definition) is 0. The fourth-order valence-corrected chi connectivity index (χ4v) is 0.570. The number of nitriles is 1. The fraction of sp³-hybridized carbons (Fsp3) is 0.667. The average Bonchev–Trinajstić information content (AvgIpc) is 1.85. The summed E-state index contributed by atoms with van der Waals surface area (Å²) in [7, 11) is -6.78. The van der Waals surface area contributed by atoms with E-state index in [1.807, 2.05) is 0 Å². The number of halogens is 5. The van der Waals surface area contributed by atoms with Gasteiger partial charge in [0, 0.05) is 0 Å². The molecule has 0 spiro atoms. The van der Waals surface area contributed by atoms with Crippen molar-refractivity contribution in [2.45, 2.75) is 11.2 Å². The van der Waals surface area contributed by atoms with E-state index in [9.17, 15) is 29.9 Å². The van der Waals surface area contributed by atoms with Gasteiger partial charge in [0.05, 0.1) is 0 Å². The molecule has 0 aliphatic carbocycles. The lowest BCUT2D eigenvalue weighted by Crippen LogP contribution is -2.44. The van der Waals surface area contributed by atoms with Crippen LogP contribution in [0.2, 0.25) is 0 Å². The molecule has 0 heterocycles. The van der Waals surface area contributed by atoms with E-state index in [0.717, 1.165) is 0 Å². The van der Waals surface area contributed by atoms with Crippen LogP contribution in [0.4, 0.5) is 21.4 Å². The summed E-state index contributed by atoms with van der Waals surface area (Å²) in [5.41, 5.74) is 0. The van der Waals surface area contributed by atoms with Gasteiger partial charge in [0.25, 0.3) is 0 Å². The maximum absolute atomic E-state index is 11.8. The van der Waals surface area contributed by atoms with Gasteiger partial charge in [0.15, 0.2) is 0 Å². The predicted molar refractivity (Wildman–Crippen MR) is 25.5 cm³/mol. The van der Waals surface area contributed by atoms with Gasteiger partial charge < -0.3 is 0 Å². The van der Waals surface area contributed by atoms with Crippen molar-refractivity contribution in [2.75, 3.05) is 0 Å². The molecule has 0 aromatic rings. The largest absolute Gasteiger partial charge is 0.450 e. The third-order valence-corrected chi connectivity index (χ3v) is 1.68. The molecule has 0 aliphatic heterocycles. The highest BCUT2D eigenvalue weighted by Crippen LogP contribution is 2.38. The minimum absolute atomic E-state index is 0.314. The van der Waals surface area contributed by atoms with E-state index in [1.54, 1.807) is 0 Å². The van der Waals surface area contributed by atoms with Crippen LogP contribution in [0.1, 0.15) is 0 Å². The van der Waals surface area contributed by atoms with Gasteiger partial charge in [-0.3, -0.25) is 0 Å². The Labute approximate surface area is 63.6 Å².